The van der Waals surface area contributed by atoms with Crippen LogP contribution in [0.15, 0.2) is 29.8 Å². The molecule has 3 heterocycles. The standard InChI is InChI=1S/C20H25N5OS/c1-13-12-27-19(22-13)25-8-7-16(11-25)23-18(26)20(2,3)15-5-6-17-14(9-15)10-21-24(17)4/h5-6,9-10,12,16H,7-8,11H2,1-4H3,(H,23,26)/t16-/m1/s1. The lowest BCUT2D eigenvalue weighted by Gasteiger charge is -2.26. The average Bonchev–Trinajstić information content (AvgIpc) is 3.35. The number of benzene rings is 1. The predicted molar refractivity (Wildman–Crippen MR) is 109 cm³/mol. The van der Waals surface area contributed by atoms with Crippen molar-refractivity contribution < 1.29 is 4.79 Å². The van der Waals surface area contributed by atoms with Crippen LogP contribution in [0.3, 0.4) is 0 Å². The molecule has 1 amide bonds. The van der Waals surface area contributed by atoms with Gasteiger partial charge >= 0.3 is 0 Å². The third-order valence-corrected chi connectivity index (χ3v) is 6.46. The predicted octanol–water partition coefficient (Wildman–Crippen LogP) is 3.01. The quantitative estimate of drug-likeness (QED) is 0.752. The van der Waals surface area contributed by atoms with Gasteiger partial charge in [-0.2, -0.15) is 5.10 Å². The number of aryl methyl sites for hydroxylation is 2. The second-order valence-corrected chi connectivity index (χ2v) is 8.68. The molecule has 0 spiro atoms. The highest BCUT2D eigenvalue weighted by atomic mass is 32.1. The lowest BCUT2D eigenvalue weighted by atomic mass is 9.83. The zero-order chi connectivity index (χ0) is 19.2. The molecule has 0 aliphatic carbocycles. The van der Waals surface area contributed by atoms with E-state index in [4.69, 9.17) is 0 Å². The summed E-state index contributed by atoms with van der Waals surface area (Å²) < 4.78 is 1.85. The molecular formula is C20H25N5OS. The maximum absolute atomic E-state index is 13.0. The van der Waals surface area contributed by atoms with Crippen LogP contribution in [-0.2, 0) is 17.3 Å². The van der Waals surface area contributed by atoms with Crippen molar-refractivity contribution in [2.75, 3.05) is 18.0 Å². The van der Waals surface area contributed by atoms with E-state index in [1.165, 1.54) is 0 Å². The van der Waals surface area contributed by atoms with E-state index >= 15 is 0 Å². The molecule has 7 heteroatoms. The van der Waals surface area contributed by atoms with Crippen molar-refractivity contribution in [2.24, 2.45) is 7.05 Å². The molecule has 1 N–H and O–H groups in total. The number of nitrogens with zero attached hydrogens (tertiary/aromatic N) is 4. The molecule has 0 bridgehead atoms. The van der Waals surface area contributed by atoms with Crippen LogP contribution in [0.4, 0.5) is 5.13 Å². The fourth-order valence-electron chi connectivity index (χ4n) is 3.59. The Kier molecular flexibility index (Phi) is 4.42. The lowest BCUT2D eigenvalue weighted by Crippen LogP contribution is -2.46. The van der Waals surface area contributed by atoms with Gasteiger partial charge in [-0.3, -0.25) is 9.48 Å². The number of aromatic nitrogens is 3. The van der Waals surface area contributed by atoms with Crippen LogP contribution in [-0.4, -0.2) is 39.8 Å². The van der Waals surface area contributed by atoms with Crippen molar-refractivity contribution >= 4 is 33.3 Å². The van der Waals surface area contributed by atoms with Gasteiger partial charge in [0.05, 0.1) is 22.8 Å². The smallest absolute Gasteiger partial charge is 0.230 e. The minimum atomic E-state index is -0.602. The van der Waals surface area contributed by atoms with Crippen molar-refractivity contribution in [1.29, 1.82) is 0 Å². The van der Waals surface area contributed by atoms with Crippen LogP contribution in [0.5, 0.6) is 0 Å². The lowest BCUT2D eigenvalue weighted by molar-refractivity contribution is -0.126. The molecule has 2 aromatic heterocycles. The first-order valence-electron chi connectivity index (χ1n) is 9.25. The maximum Gasteiger partial charge on any atom is 0.230 e. The van der Waals surface area contributed by atoms with Gasteiger partial charge in [0.1, 0.15) is 0 Å². The molecule has 6 nitrogen and oxygen atoms in total. The van der Waals surface area contributed by atoms with Crippen LogP contribution in [0.2, 0.25) is 0 Å². The largest absolute Gasteiger partial charge is 0.351 e. The second-order valence-electron chi connectivity index (χ2n) is 7.84. The highest BCUT2D eigenvalue weighted by molar-refractivity contribution is 7.13. The summed E-state index contributed by atoms with van der Waals surface area (Å²) in [6.45, 7) is 7.72. The fraction of sp³-hybridized carbons (Fsp3) is 0.450. The summed E-state index contributed by atoms with van der Waals surface area (Å²) in [5.41, 5.74) is 2.52. The van der Waals surface area contributed by atoms with Crippen molar-refractivity contribution in [2.45, 2.75) is 38.6 Å². The van der Waals surface area contributed by atoms with Gasteiger partial charge in [0, 0.05) is 36.9 Å². The number of thiazole rings is 1. The second kappa shape index (κ2) is 6.64. The number of anilines is 1. The molecule has 27 heavy (non-hydrogen) atoms. The molecule has 4 rings (SSSR count). The molecule has 0 radical (unpaired) electrons. The Bertz CT molecular complexity index is 989. The van der Waals surface area contributed by atoms with E-state index in [2.05, 4.69) is 31.7 Å². The van der Waals surface area contributed by atoms with Crippen molar-refractivity contribution in [1.82, 2.24) is 20.1 Å². The summed E-state index contributed by atoms with van der Waals surface area (Å²) in [7, 11) is 1.93. The van der Waals surface area contributed by atoms with E-state index in [0.29, 0.717) is 0 Å². The monoisotopic (exact) mass is 383 g/mol. The number of amides is 1. The summed E-state index contributed by atoms with van der Waals surface area (Å²) >= 11 is 1.67. The molecule has 1 aliphatic rings. The first-order chi connectivity index (χ1) is 12.8. The van der Waals surface area contributed by atoms with E-state index in [0.717, 1.165) is 46.8 Å². The summed E-state index contributed by atoms with van der Waals surface area (Å²) in [5, 5.41) is 11.7. The third kappa shape index (κ3) is 3.32. The molecule has 1 saturated heterocycles. The fourth-order valence-corrected chi connectivity index (χ4v) is 4.43. The highest BCUT2D eigenvalue weighted by Crippen LogP contribution is 2.28. The van der Waals surface area contributed by atoms with Crippen molar-refractivity contribution in [3.63, 3.8) is 0 Å². The van der Waals surface area contributed by atoms with Crippen molar-refractivity contribution in [3.8, 4) is 0 Å². The first kappa shape index (κ1) is 18.0. The number of hydrogen-bond acceptors (Lipinski definition) is 5. The van der Waals surface area contributed by atoms with Gasteiger partial charge in [-0.25, -0.2) is 4.98 Å². The van der Waals surface area contributed by atoms with Gasteiger partial charge < -0.3 is 10.2 Å². The van der Waals surface area contributed by atoms with Crippen LogP contribution >= 0.6 is 11.3 Å². The van der Waals surface area contributed by atoms with Crippen LogP contribution in [0, 0.1) is 6.92 Å². The minimum Gasteiger partial charge on any atom is -0.351 e. The Morgan fingerprint density at radius 1 is 1.37 bits per heavy atom. The van der Waals surface area contributed by atoms with Gasteiger partial charge in [-0.15, -0.1) is 11.3 Å². The molecule has 1 aliphatic heterocycles. The molecule has 3 aromatic rings. The van der Waals surface area contributed by atoms with Gasteiger partial charge in [0.2, 0.25) is 5.91 Å². The van der Waals surface area contributed by atoms with Gasteiger partial charge in [0.15, 0.2) is 5.13 Å². The van der Waals surface area contributed by atoms with E-state index < -0.39 is 5.41 Å². The maximum atomic E-state index is 13.0. The van der Waals surface area contributed by atoms with E-state index in [9.17, 15) is 4.79 Å². The number of nitrogens with one attached hydrogen (secondary N) is 1. The molecule has 1 aromatic carbocycles. The normalized spacial score (nSPS) is 17.6. The Balaban J connectivity index is 1.46. The van der Waals surface area contributed by atoms with Gasteiger partial charge in [-0.05, 0) is 44.9 Å². The van der Waals surface area contributed by atoms with Crippen LogP contribution < -0.4 is 10.2 Å². The first-order valence-corrected chi connectivity index (χ1v) is 10.1. The third-order valence-electron chi connectivity index (χ3n) is 5.44. The molecule has 0 saturated carbocycles. The number of rotatable bonds is 4. The van der Waals surface area contributed by atoms with E-state index in [1.54, 1.807) is 11.3 Å². The Morgan fingerprint density at radius 3 is 2.93 bits per heavy atom. The number of carbonyl (C=O) groups excluding carboxylic acids is 1. The summed E-state index contributed by atoms with van der Waals surface area (Å²) in [4.78, 5) is 19.9. The average molecular weight is 384 g/mol. The summed E-state index contributed by atoms with van der Waals surface area (Å²) in [6, 6.07) is 6.29. The van der Waals surface area contributed by atoms with Crippen LogP contribution in [0.1, 0.15) is 31.5 Å². The van der Waals surface area contributed by atoms with E-state index in [-0.39, 0.29) is 11.9 Å². The van der Waals surface area contributed by atoms with E-state index in [1.807, 2.05) is 50.8 Å². The molecule has 0 unspecified atom stereocenters. The van der Waals surface area contributed by atoms with Gasteiger partial charge in [-0.1, -0.05) is 6.07 Å². The summed E-state index contributed by atoms with van der Waals surface area (Å²) in [6.07, 6.45) is 2.79. The van der Waals surface area contributed by atoms with Crippen molar-refractivity contribution in [3.05, 3.63) is 41.0 Å². The topological polar surface area (TPSA) is 63.1 Å². The number of hydrogen-bond donors (Lipinski definition) is 1. The molecule has 1 atom stereocenters. The summed E-state index contributed by atoms with van der Waals surface area (Å²) in [5.74, 6) is 0.0629. The SMILES string of the molecule is Cc1csc(N2CC[C@@H](NC(=O)C(C)(C)c3ccc4c(cnn4C)c3)C2)n1. The minimum absolute atomic E-state index is 0.0629. The molecule has 142 valence electrons. The molecule has 1 fully saturated rings. The Hall–Kier alpha value is -2.41. The van der Waals surface area contributed by atoms with Crippen LogP contribution in [0.25, 0.3) is 10.9 Å². The zero-order valence-corrected chi connectivity index (χ0v) is 17.0. The van der Waals surface area contributed by atoms with Gasteiger partial charge in [0.25, 0.3) is 0 Å². The highest BCUT2D eigenvalue weighted by Gasteiger charge is 2.34. The number of fused-ring (bicyclic) bond motifs is 1. The Labute approximate surface area is 163 Å². The zero-order valence-electron chi connectivity index (χ0n) is 16.2. The molecular weight excluding hydrogens is 358 g/mol. The number of carbonyl (C=O) groups is 1. The Morgan fingerprint density at radius 2 is 2.19 bits per heavy atom.